The standard InChI is InChI=1S/C38H19N3S2/c1-5-11-32-22(7-1)25-15-20(13-14-34(25)42-32)21-16-27-24-18-26-23-8-2-6-12-33(23)43-35(26)19-31(24)41-37(27)28(17-21)36-38(41)40-30-10-4-3-9-29(30)39-36/h1-19H. The van der Waals surface area contributed by atoms with Gasteiger partial charge in [-0.15, -0.1) is 22.7 Å². The Kier molecular flexibility index (Phi) is 4.10. The molecule has 0 saturated carbocycles. The molecule has 0 unspecified atom stereocenters. The monoisotopic (exact) mass is 581 g/mol. The van der Waals surface area contributed by atoms with Gasteiger partial charge in [-0.3, -0.25) is 4.40 Å². The normalized spacial score (nSPS) is 12.7. The topological polar surface area (TPSA) is 30.2 Å². The molecule has 11 rings (SSSR count). The van der Waals surface area contributed by atoms with Crippen molar-refractivity contribution in [1.82, 2.24) is 14.4 Å². The van der Waals surface area contributed by atoms with Crippen LogP contribution in [0.15, 0.2) is 115 Å². The van der Waals surface area contributed by atoms with Gasteiger partial charge in [-0.2, -0.15) is 0 Å². The molecule has 5 heteroatoms. The van der Waals surface area contributed by atoms with E-state index in [0.717, 1.165) is 27.6 Å². The van der Waals surface area contributed by atoms with Gasteiger partial charge in [0.25, 0.3) is 0 Å². The highest BCUT2D eigenvalue weighted by atomic mass is 32.1. The summed E-state index contributed by atoms with van der Waals surface area (Å²) in [7, 11) is 0. The van der Waals surface area contributed by atoms with E-state index in [0.29, 0.717) is 0 Å². The smallest absolute Gasteiger partial charge is 0.165 e. The van der Waals surface area contributed by atoms with Crippen molar-refractivity contribution in [2.24, 2.45) is 0 Å². The van der Waals surface area contributed by atoms with Crippen LogP contribution in [0, 0.1) is 0 Å². The number of para-hydroxylation sites is 2. The number of fused-ring (bicyclic) bond motifs is 13. The zero-order chi connectivity index (χ0) is 27.8. The highest BCUT2D eigenvalue weighted by Crippen LogP contribution is 2.45. The summed E-state index contributed by atoms with van der Waals surface area (Å²) in [5, 5.41) is 8.93. The van der Waals surface area contributed by atoms with Crippen LogP contribution in [0.2, 0.25) is 0 Å². The fraction of sp³-hybridized carbons (Fsp3) is 0. The van der Waals surface area contributed by atoms with Crippen molar-refractivity contribution in [2.75, 3.05) is 0 Å². The third kappa shape index (κ3) is 2.88. The maximum Gasteiger partial charge on any atom is 0.165 e. The second-order valence-corrected chi connectivity index (χ2v) is 13.6. The SMILES string of the molecule is c1ccc2nc3c(nc2c1)c1cc(-c2ccc4sc5ccccc5c4c2)cc2c4cc5c(cc4n3c21)sc1ccccc15. The molecule has 0 bridgehead atoms. The quantitative estimate of drug-likeness (QED) is 0.193. The summed E-state index contributed by atoms with van der Waals surface area (Å²) in [5.41, 5.74) is 8.54. The average molecular weight is 582 g/mol. The number of hydrogen-bond acceptors (Lipinski definition) is 4. The lowest BCUT2D eigenvalue weighted by Gasteiger charge is -2.05. The third-order valence-electron chi connectivity index (χ3n) is 9.09. The maximum atomic E-state index is 5.22. The Morgan fingerprint density at radius 2 is 1.07 bits per heavy atom. The van der Waals surface area contributed by atoms with E-state index in [2.05, 4.69) is 108 Å². The van der Waals surface area contributed by atoms with E-state index in [1.54, 1.807) is 0 Å². The van der Waals surface area contributed by atoms with E-state index in [4.69, 9.17) is 9.97 Å². The number of aromatic nitrogens is 3. The van der Waals surface area contributed by atoms with Crippen molar-refractivity contribution in [2.45, 2.75) is 0 Å². The first-order chi connectivity index (χ1) is 21.3. The molecule has 6 aromatic carbocycles. The van der Waals surface area contributed by atoms with Gasteiger partial charge in [0.05, 0.1) is 22.1 Å². The summed E-state index contributed by atoms with van der Waals surface area (Å²) in [6, 6.07) is 42.1. The Bertz CT molecular complexity index is 2960. The largest absolute Gasteiger partial charge is 0.291 e. The molecule has 5 heterocycles. The van der Waals surface area contributed by atoms with Crippen molar-refractivity contribution in [3.05, 3.63) is 115 Å². The zero-order valence-electron chi connectivity index (χ0n) is 22.6. The van der Waals surface area contributed by atoms with E-state index in [-0.39, 0.29) is 0 Å². The van der Waals surface area contributed by atoms with Crippen molar-refractivity contribution in [3.8, 4) is 11.1 Å². The summed E-state index contributed by atoms with van der Waals surface area (Å²) in [6.07, 6.45) is 0. The molecule has 0 aliphatic carbocycles. The minimum absolute atomic E-state index is 0.919. The first-order valence-electron chi connectivity index (χ1n) is 14.4. The molecule has 43 heavy (non-hydrogen) atoms. The van der Waals surface area contributed by atoms with Gasteiger partial charge in [-0.05, 0) is 71.8 Å². The maximum absolute atomic E-state index is 5.22. The molecule has 0 N–H and O–H groups in total. The molecule has 0 aliphatic heterocycles. The number of benzene rings is 6. The van der Waals surface area contributed by atoms with Gasteiger partial charge in [0.1, 0.15) is 5.52 Å². The molecule has 198 valence electrons. The summed E-state index contributed by atoms with van der Waals surface area (Å²) in [4.78, 5) is 10.4. The Hall–Kier alpha value is -5.10. The van der Waals surface area contributed by atoms with Crippen molar-refractivity contribution < 1.29 is 0 Å². The summed E-state index contributed by atoms with van der Waals surface area (Å²) in [6.45, 7) is 0. The van der Waals surface area contributed by atoms with Crippen molar-refractivity contribution in [3.63, 3.8) is 0 Å². The Morgan fingerprint density at radius 1 is 0.442 bits per heavy atom. The van der Waals surface area contributed by atoms with Crippen molar-refractivity contribution in [1.29, 1.82) is 0 Å². The first kappa shape index (κ1) is 22.5. The summed E-state index contributed by atoms with van der Waals surface area (Å²) < 4.78 is 7.63. The predicted octanol–water partition coefficient (Wildman–Crippen LogP) is 11.2. The molecule has 5 aromatic heterocycles. The average Bonchev–Trinajstić information content (AvgIpc) is 3.78. The fourth-order valence-corrected chi connectivity index (χ4v) is 9.37. The number of hydrogen-bond donors (Lipinski definition) is 0. The Morgan fingerprint density at radius 3 is 1.88 bits per heavy atom. The van der Waals surface area contributed by atoms with Gasteiger partial charge in [-0.1, -0.05) is 54.6 Å². The van der Waals surface area contributed by atoms with Gasteiger partial charge >= 0.3 is 0 Å². The van der Waals surface area contributed by atoms with E-state index in [1.165, 1.54) is 73.3 Å². The van der Waals surface area contributed by atoms with Crippen molar-refractivity contribution >= 4 is 112 Å². The van der Waals surface area contributed by atoms with Crippen LogP contribution in [-0.4, -0.2) is 14.4 Å². The van der Waals surface area contributed by atoms with Gasteiger partial charge < -0.3 is 0 Å². The second-order valence-electron chi connectivity index (χ2n) is 11.4. The van der Waals surface area contributed by atoms with Gasteiger partial charge in [0.15, 0.2) is 5.65 Å². The van der Waals surface area contributed by atoms with Crippen LogP contribution in [0.3, 0.4) is 0 Å². The lowest BCUT2D eigenvalue weighted by molar-refractivity contribution is 1.28. The molecular formula is C38H19N3S2. The van der Waals surface area contributed by atoms with E-state index in [9.17, 15) is 0 Å². The molecule has 3 nitrogen and oxygen atoms in total. The second kappa shape index (κ2) is 7.84. The molecule has 11 aromatic rings. The number of thiophene rings is 2. The molecule has 0 amide bonds. The summed E-state index contributed by atoms with van der Waals surface area (Å²) in [5.74, 6) is 0. The van der Waals surface area contributed by atoms with Crippen LogP contribution in [0.5, 0.6) is 0 Å². The van der Waals surface area contributed by atoms with Gasteiger partial charge in [0, 0.05) is 56.5 Å². The highest BCUT2D eigenvalue weighted by Gasteiger charge is 2.22. The molecule has 0 aliphatic rings. The fourth-order valence-electron chi connectivity index (χ4n) is 7.16. The summed E-state index contributed by atoms with van der Waals surface area (Å²) >= 11 is 3.72. The minimum Gasteiger partial charge on any atom is -0.291 e. The van der Waals surface area contributed by atoms with Crippen LogP contribution in [-0.2, 0) is 0 Å². The van der Waals surface area contributed by atoms with Crippen LogP contribution < -0.4 is 0 Å². The Labute approximate surface area is 252 Å². The van der Waals surface area contributed by atoms with Crippen LogP contribution in [0.25, 0.3) is 101 Å². The Balaban J connectivity index is 1.32. The highest BCUT2D eigenvalue weighted by molar-refractivity contribution is 7.26. The molecule has 0 spiro atoms. The molecule has 0 saturated heterocycles. The van der Waals surface area contributed by atoms with Crippen LogP contribution >= 0.6 is 22.7 Å². The zero-order valence-corrected chi connectivity index (χ0v) is 24.3. The first-order valence-corrected chi connectivity index (χ1v) is 16.0. The van der Waals surface area contributed by atoms with E-state index in [1.807, 2.05) is 34.8 Å². The molecule has 0 fully saturated rings. The third-order valence-corrected chi connectivity index (χ3v) is 11.4. The van der Waals surface area contributed by atoms with Gasteiger partial charge in [0.2, 0.25) is 0 Å². The lowest BCUT2D eigenvalue weighted by atomic mass is 9.98. The molecule has 0 radical (unpaired) electrons. The van der Waals surface area contributed by atoms with E-state index >= 15 is 0 Å². The number of nitrogens with zero attached hydrogens (tertiary/aromatic N) is 3. The predicted molar refractivity (Wildman–Crippen MR) is 185 cm³/mol. The van der Waals surface area contributed by atoms with Crippen LogP contribution in [0.1, 0.15) is 0 Å². The van der Waals surface area contributed by atoms with Gasteiger partial charge in [-0.25, -0.2) is 9.97 Å². The number of rotatable bonds is 1. The molecule has 0 atom stereocenters. The minimum atomic E-state index is 0.919. The lowest BCUT2D eigenvalue weighted by Crippen LogP contribution is -1.88. The van der Waals surface area contributed by atoms with E-state index < -0.39 is 0 Å². The van der Waals surface area contributed by atoms with Crippen LogP contribution in [0.4, 0.5) is 0 Å². The molecular weight excluding hydrogens is 563 g/mol.